The number of rotatable bonds is 3. The van der Waals surface area contributed by atoms with Crippen LogP contribution in [-0.2, 0) is 10.3 Å². The van der Waals surface area contributed by atoms with Gasteiger partial charge in [-0.05, 0) is 24.8 Å². The average Bonchev–Trinajstić information content (AvgIpc) is 2.57. The van der Waals surface area contributed by atoms with Crippen molar-refractivity contribution in [3.05, 3.63) is 48.0 Å². The van der Waals surface area contributed by atoms with Gasteiger partial charge in [0, 0.05) is 13.0 Å². The number of ether oxygens (including phenoxy) is 1. The minimum atomic E-state index is -0.119. The predicted molar refractivity (Wildman–Crippen MR) is 67.3 cm³/mol. The van der Waals surface area contributed by atoms with Gasteiger partial charge in [-0.25, -0.2) is 0 Å². The van der Waals surface area contributed by atoms with Gasteiger partial charge < -0.3 is 4.74 Å². The molecule has 0 unspecified atom stereocenters. The fourth-order valence-corrected chi connectivity index (χ4v) is 2.68. The van der Waals surface area contributed by atoms with Gasteiger partial charge in [0.15, 0.2) is 0 Å². The van der Waals surface area contributed by atoms with Crippen molar-refractivity contribution in [2.75, 3.05) is 6.61 Å². The summed E-state index contributed by atoms with van der Waals surface area (Å²) in [6.07, 6.45) is 2.02. The third-order valence-electron chi connectivity index (χ3n) is 3.57. The van der Waals surface area contributed by atoms with Crippen LogP contribution in [-0.4, -0.2) is 6.61 Å². The van der Waals surface area contributed by atoms with Crippen LogP contribution in [0, 0.1) is 5.92 Å². The van der Waals surface area contributed by atoms with Crippen LogP contribution in [0.15, 0.2) is 42.5 Å². The minimum Gasteiger partial charge on any atom is -0.370 e. The summed E-state index contributed by atoms with van der Waals surface area (Å²) in [4.78, 5) is 0. The predicted octanol–water partition coefficient (Wildman–Crippen LogP) is 3.90. The van der Waals surface area contributed by atoms with Gasteiger partial charge in [-0.2, -0.15) is 0 Å². The quantitative estimate of drug-likeness (QED) is 0.696. The van der Waals surface area contributed by atoms with E-state index in [1.807, 2.05) is 0 Å². The molecule has 1 aliphatic carbocycles. The molecule has 16 heavy (non-hydrogen) atoms. The monoisotopic (exact) mass is 216 g/mol. The highest BCUT2D eigenvalue weighted by Crippen LogP contribution is 2.47. The summed E-state index contributed by atoms with van der Waals surface area (Å²) in [6.45, 7) is 9.23. The molecule has 1 aromatic rings. The molecule has 0 bridgehead atoms. The van der Waals surface area contributed by atoms with Gasteiger partial charge in [0.2, 0.25) is 0 Å². The first-order chi connectivity index (χ1) is 7.68. The summed E-state index contributed by atoms with van der Waals surface area (Å²) in [6, 6.07) is 10.6. The van der Waals surface area contributed by atoms with Crippen molar-refractivity contribution >= 4 is 0 Å². The zero-order chi connectivity index (χ0) is 11.6. The molecule has 0 amide bonds. The molecular weight excluding hydrogens is 196 g/mol. The maximum atomic E-state index is 6.06. The van der Waals surface area contributed by atoms with E-state index in [-0.39, 0.29) is 5.60 Å². The van der Waals surface area contributed by atoms with Crippen LogP contribution in [0.4, 0.5) is 0 Å². The Labute approximate surface area is 98.1 Å². The smallest absolute Gasteiger partial charge is 0.0973 e. The second-order valence-corrected chi connectivity index (χ2v) is 4.73. The maximum absolute atomic E-state index is 6.06. The molecule has 1 nitrogen and oxygen atoms in total. The van der Waals surface area contributed by atoms with Crippen molar-refractivity contribution in [2.24, 2.45) is 5.92 Å². The molecule has 0 aliphatic heterocycles. The maximum Gasteiger partial charge on any atom is 0.0973 e. The number of hydrogen-bond donors (Lipinski definition) is 0. The first-order valence-corrected chi connectivity index (χ1v) is 6.05. The zero-order valence-electron chi connectivity index (χ0n) is 10.2. The van der Waals surface area contributed by atoms with E-state index < -0.39 is 0 Å². The zero-order valence-corrected chi connectivity index (χ0v) is 10.2. The fourth-order valence-electron chi connectivity index (χ4n) is 2.68. The molecule has 0 heterocycles. The molecule has 1 fully saturated rings. The van der Waals surface area contributed by atoms with Crippen LogP contribution in [0.25, 0.3) is 0 Å². The molecular formula is C15H20O. The van der Waals surface area contributed by atoms with Crippen LogP contribution < -0.4 is 0 Å². The number of hydrogen-bond acceptors (Lipinski definition) is 1. The lowest BCUT2D eigenvalue weighted by Crippen LogP contribution is -2.26. The summed E-state index contributed by atoms with van der Waals surface area (Å²) < 4.78 is 6.06. The molecule has 0 aromatic heterocycles. The third-order valence-corrected chi connectivity index (χ3v) is 3.57. The van der Waals surface area contributed by atoms with E-state index in [2.05, 4.69) is 50.8 Å². The highest BCUT2D eigenvalue weighted by atomic mass is 16.5. The summed E-state index contributed by atoms with van der Waals surface area (Å²) >= 11 is 0. The van der Waals surface area contributed by atoms with Crippen molar-refractivity contribution in [2.45, 2.75) is 32.3 Å². The van der Waals surface area contributed by atoms with Gasteiger partial charge in [-0.15, -0.1) is 0 Å². The summed E-state index contributed by atoms with van der Waals surface area (Å²) in [5.41, 5.74) is 2.49. The van der Waals surface area contributed by atoms with E-state index in [1.165, 1.54) is 11.1 Å². The van der Waals surface area contributed by atoms with Gasteiger partial charge in [0.25, 0.3) is 0 Å². The van der Waals surface area contributed by atoms with E-state index >= 15 is 0 Å². The second-order valence-electron chi connectivity index (χ2n) is 4.73. The normalized spacial score (nSPS) is 29.6. The molecule has 1 aromatic carbocycles. The molecule has 0 N–H and O–H groups in total. The van der Waals surface area contributed by atoms with E-state index in [0.29, 0.717) is 5.92 Å². The fraction of sp³-hybridized carbons (Fsp3) is 0.467. The van der Waals surface area contributed by atoms with Gasteiger partial charge >= 0.3 is 0 Å². The Hall–Kier alpha value is -1.08. The highest BCUT2D eigenvalue weighted by molar-refractivity contribution is 5.29. The summed E-state index contributed by atoms with van der Waals surface area (Å²) in [7, 11) is 0. The van der Waals surface area contributed by atoms with Crippen LogP contribution in [0.1, 0.15) is 32.3 Å². The van der Waals surface area contributed by atoms with Gasteiger partial charge in [0.05, 0.1) is 5.60 Å². The van der Waals surface area contributed by atoms with Crippen molar-refractivity contribution < 1.29 is 4.74 Å². The summed E-state index contributed by atoms with van der Waals surface area (Å²) in [5, 5.41) is 0. The van der Waals surface area contributed by atoms with Gasteiger partial charge in [-0.3, -0.25) is 0 Å². The third kappa shape index (κ3) is 1.92. The van der Waals surface area contributed by atoms with Crippen LogP contribution in [0.3, 0.4) is 0 Å². The Morgan fingerprint density at radius 1 is 1.38 bits per heavy atom. The Morgan fingerprint density at radius 2 is 2.06 bits per heavy atom. The largest absolute Gasteiger partial charge is 0.370 e. The lowest BCUT2D eigenvalue weighted by atomic mass is 9.91. The molecule has 0 radical (unpaired) electrons. The highest BCUT2D eigenvalue weighted by Gasteiger charge is 2.41. The Kier molecular flexibility index (Phi) is 3.15. The van der Waals surface area contributed by atoms with Crippen molar-refractivity contribution in [3.8, 4) is 0 Å². The standard InChI is InChI=1S/C15H20O/c1-4-16-15(10-12(2)13(3)11-15)14-8-6-5-7-9-14/h5-9,13H,2,4,10-11H2,1,3H3/t13-,15-/m1/s1. The van der Waals surface area contributed by atoms with E-state index in [1.54, 1.807) is 0 Å². The van der Waals surface area contributed by atoms with E-state index in [9.17, 15) is 0 Å². The molecule has 2 rings (SSSR count). The molecule has 0 spiro atoms. The molecule has 1 aliphatic rings. The van der Waals surface area contributed by atoms with Crippen molar-refractivity contribution in [1.82, 2.24) is 0 Å². The van der Waals surface area contributed by atoms with Crippen LogP contribution in [0.2, 0.25) is 0 Å². The van der Waals surface area contributed by atoms with Gasteiger partial charge in [0.1, 0.15) is 0 Å². The summed E-state index contributed by atoms with van der Waals surface area (Å²) in [5.74, 6) is 0.562. The van der Waals surface area contributed by atoms with E-state index in [4.69, 9.17) is 4.74 Å². The Balaban J connectivity index is 2.34. The molecule has 2 atom stereocenters. The minimum absolute atomic E-state index is 0.119. The molecule has 1 saturated carbocycles. The SMILES string of the molecule is C=C1C[C@](OCC)(c2ccccc2)C[C@H]1C. The van der Waals surface area contributed by atoms with Gasteiger partial charge in [-0.1, -0.05) is 49.4 Å². The molecule has 86 valence electrons. The Bertz CT molecular complexity index is 368. The van der Waals surface area contributed by atoms with Crippen molar-refractivity contribution in [3.63, 3.8) is 0 Å². The van der Waals surface area contributed by atoms with Crippen LogP contribution in [0.5, 0.6) is 0 Å². The van der Waals surface area contributed by atoms with Crippen LogP contribution >= 0.6 is 0 Å². The molecule has 1 heteroatoms. The average molecular weight is 216 g/mol. The first kappa shape index (κ1) is 11.4. The lowest BCUT2D eigenvalue weighted by Gasteiger charge is -2.29. The topological polar surface area (TPSA) is 9.23 Å². The number of benzene rings is 1. The molecule has 0 saturated heterocycles. The van der Waals surface area contributed by atoms with Crippen molar-refractivity contribution in [1.29, 1.82) is 0 Å². The second kappa shape index (κ2) is 4.42. The lowest BCUT2D eigenvalue weighted by molar-refractivity contribution is -0.0399. The Morgan fingerprint density at radius 3 is 2.56 bits per heavy atom. The first-order valence-electron chi connectivity index (χ1n) is 6.05. The van der Waals surface area contributed by atoms with E-state index in [0.717, 1.165) is 19.4 Å².